The third-order valence-electron chi connectivity index (χ3n) is 2.54. The van der Waals surface area contributed by atoms with Crippen LogP contribution in [0.25, 0.3) is 0 Å². The van der Waals surface area contributed by atoms with Gasteiger partial charge in [-0.2, -0.15) is 5.10 Å². The van der Waals surface area contributed by atoms with Gasteiger partial charge in [-0.3, -0.25) is 4.79 Å². The molecule has 0 atom stereocenters. The first-order chi connectivity index (χ1) is 10.0. The van der Waals surface area contributed by atoms with Gasteiger partial charge in [-0.15, -0.1) is 0 Å². The van der Waals surface area contributed by atoms with E-state index in [1.807, 2.05) is 38.1 Å². The first-order valence-corrected chi connectivity index (χ1v) is 7.39. The van der Waals surface area contributed by atoms with Crippen molar-refractivity contribution in [3.05, 3.63) is 51.0 Å². The van der Waals surface area contributed by atoms with Crippen LogP contribution in [-0.4, -0.2) is 18.7 Å². The molecule has 2 aromatic rings. The summed E-state index contributed by atoms with van der Waals surface area (Å²) in [5, 5.41) is 3.80. The van der Waals surface area contributed by atoms with E-state index in [-0.39, 0.29) is 12.5 Å². The van der Waals surface area contributed by atoms with Crippen LogP contribution in [0.5, 0.6) is 5.75 Å². The molecule has 6 heteroatoms. The van der Waals surface area contributed by atoms with Gasteiger partial charge in [0.2, 0.25) is 0 Å². The number of aryl methyl sites for hydroxylation is 2. The zero-order valence-corrected chi connectivity index (χ0v) is 13.9. The number of halogens is 1. The molecule has 1 heterocycles. The first-order valence-electron chi connectivity index (χ1n) is 6.31. The van der Waals surface area contributed by atoms with E-state index in [9.17, 15) is 4.79 Å². The fourth-order valence-electron chi connectivity index (χ4n) is 1.76. The molecule has 1 aromatic heterocycles. The third kappa shape index (κ3) is 5.22. The molecule has 1 aromatic carbocycles. The SMILES string of the molecule is Cc1cc(C)cc(OCC(=O)N/N=C/c2ccc(I)o2)c1. The second kappa shape index (κ2) is 7.26. The zero-order valence-electron chi connectivity index (χ0n) is 11.7. The summed E-state index contributed by atoms with van der Waals surface area (Å²) in [6, 6.07) is 9.39. The minimum atomic E-state index is -0.327. The van der Waals surface area contributed by atoms with E-state index in [1.54, 1.807) is 6.07 Å². The van der Waals surface area contributed by atoms with Crippen molar-refractivity contribution in [2.45, 2.75) is 13.8 Å². The van der Waals surface area contributed by atoms with Gasteiger partial charge in [0.25, 0.3) is 5.91 Å². The van der Waals surface area contributed by atoms with Crippen molar-refractivity contribution in [3.63, 3.8) is 0 Å². The lowest BCUT2D eigenvalue weighted by molar-refractivity contribution is -0.123. The normalized spacial score (nSPS) is 10.8. The Morgan fingerprint density at radius 2 is 2.05 bits per heavy atom. The molecule has 0 radical (unpaired) electrons. The van der Waals surface area contributed by atoms with Crippen molar-refractivity contribution in [3.8, 4) is 5.75 Å². The minimum Gasteiger partial charge on any atom is -0.484 e. The molecule has 0 bridgehead atoms. The average molecular weight is 398 g/mol. The van der Waals surface area contributed by atoms with Crippen LogP contribution in [-0.2, 0) is 4.79 Å². The van der Waals surface area contributed by atoms with Crippen LogP contribution >= 0.6 is 22.6 Å². The van der Waals surface area contributed by atoms with Crippen LogP contribution in [0.3, 0.4) is 0 Å². The van der Waals surface area contributed by atoms with Gasteiger partial charge in [0.15, 0.2) is 10.4 Å². The number of benzene rings is 1. The summed E-state index contributed by atoms with van der Waals surface area (Å²) in [5.41, 5.74) is 4.57. The Hall–Kier alpha value is -1.83. The van der Waals surface area contributed by atoms with Gasteiger partial charge in [0, 0.05) is 0 Å². The van der Waals surface area contributed by atoms with Crippen LogP contribution in [0.1, 0.15) is 16.9 Å². The quantitative estimate of drug-likeness (QED) is 0.479. The second-order valence-electron chi connectivity index (χ2n) is 4.55. The topological polar surface area (TPSA) is 63.8 Å². The van der Waals surface area contributed by atoms with E-state index in [0.717, 1.165) is 14.9 Å². The molecule has 0 fully saturated rings. The molecule has 21 heavy (non-hydrogen) atoms. The largest absolute Gasteiger partial charge is 0.484 e. The van der Waals surface area contributed by atoms with E-state index in [4.69, 9.17) is 9.15 Å². The van der Waals surface area contributed by atoms with Gasteiger partial charge in [-0.25, -0.2) is 5.43 Å². The molecule has 0 saturated carbocycles. The molecule has 5 nitrogen and oxygen atoms in total. The van der Waals surface area contributed by atoms with Crippen molar-refractivity contribution >= 4 is 34.7 Å². The predicted molar refractivity (Wildman–Crippen MR) is 88.6 cm³/mol. The van der Waals surface area contributed by atoms with E-state index >= 15 is 0 Å². The highest BCUT2D eigenvalue weighted by molar-refractivity contribution is 14.1. The number of carbonyl (C=O) groups excluding carboxylic acids is 1. The Morgan fingerprint density at radius 1 is 1.33 bits per heavy atom. The maximum Gasteiger partial charge on any atom is 0.277 e. The van der Waals surface area contributed by atoms with Gasteiger partial charge in [-0.1, -0.05) is 6.07 Å². The molecule has 2 rings (SSSR count). The highest BCUT2D eigenvalue weighted by Gasteiger charge is 2.03. The summed E-state index contributed by atoms with van der Waals surface area (Å²) in [7, 11) is 0. The van der Waals surface area contributed by atoms with Crippen molar-refractivity contribution in [2.24, 2.45) is 5.10 Å². The van der Waals surface area contributed by atoms with Crippen LogP contribution in [0.4, 0.5) is 0 Å². The molecule has 0 aliphatic rings. The predicted octanol–water partition coefficient (Wildman–Crippen LogP) is 3.03. The fourth-order valence-corrected chi connectivity index (χ4v) is 2.20. The van der Waals surface area contributed by atoms with Crippen LogP contribution in [0, 0.1) is 17.6 Å². The number of hydrazone groups is 1. The third-order valence-corrected chi connectivity index (χ3v) is 3.12. The number of amides is 1. The highest BCUT2D eigenvalue weighted by Crippen LogP contribution is 2.15. The van der Waals surface area contributed by atoms with Gasteiger partial charge in [0.1, 0.15) is 11.5 Å². The number of nitrogens with one attached hydrogen (secondary N) is 1. The molecule has 0 saturated heterocycles. The van der Waals surface area contributed by atoms with E-state index in [0.29, 0.717) is 11.5 Å². The maximum absolute atomic E-state index is 11.6. The van der Waals surface area contributed by atoms with Crippen molar-refractivity contribution < 1.29 is 13.9 Å². The Kier molecular flexibility index (Phi) is 5.38. The number of ether oxygens (including phenoxy) is 1. The number of rotatable bonds is 5. The van der Waals surface area contributed by atoms with Gasteiger partial charge in [0.05, 0.1) is 6.21 Å². The average Bonchev–Trinajstić information content (AvgIpc) is 2.81. The molecule has 1 amide bonds. The van der Waals surface area contributed by atoms with Crippen LogP contribution in [0.15, 0.2) is 39.9 Å². The van der Waals surface area contributed by atoms with Gasteiger partial charge >= 0.3 is 0 Å². The molecular formula is C15H15IN2O3. The lowest BCUT2D eigenvalue weighted by atomic mass is 10.1. The molecule has 0 spiro atoms. The second-order valence-corrected chi connectivity index (χ2v) is 5.61. The Bertz CT molecular complexity index is 644. The minimum absolute atomic E-state index is 0.0874. The molecule has 1 N–H and O–H groups in total. The lowest BCUT2D eigenvalue weighted by Crippen LogP contribution is -2.24. The summed E-state index contributed by atoms with van der Waals surface area (Å²) in [6.45, 7) is 3.87. The summed E-state index contributed by atoms with van der Waals surface area (Å²) in [6.07, 6.45) is 1.44. The zero-order chi connectivity index (χ0) is 15.2. The first kappa shape index (κ1) is 15.6. The molecule has 0 unspecified atom stereocenters. The molecule has 0 aliphatic heterocycles. The van der Waals surface area contributed by atoms with E-state index < -0.39 is 0 Å². The summed E-state index contributed by atoms with van der Waals surface area (Å²) in [5.74, 6) is 0.925. The smallest absolute Gasteiger partial charge is 0.277 e. The van der Waals surface area contributed by atoms with E-state index in [2.05, 4.69) is 33.1 Å². The maximum atomic E-state index is 11.6. The Balaban J connectivity index is 1.80. The van der Waals surface area contributed by atoms with Crippen LogP contribution in [0.2, 0.25) is 0 Å². The lowest BCUT2D eigenvalue weighted by Gasteiger charge is -2.07. The van der Waals surface area contributed by atoms with E-state index in [1.165, 1.54) is 6.21 Å². The number of carbonyl (C=O) groups is 1. The van der Waals surface area contributed by atoms with Crippen molar-refractivity contribution in [2.75, 3.05) is 6.61 Å². The molecule has 110 valence electrons. The van der Waals surface area contributed by atoms with Crippen molar-refractivity contribution in [1.82, 2.24) is 5.43 Å². The van der Waals surface area contributed by atoms with Gasteiger partial charge in [-0.05, 0) is 71.8 Å². The van der Waals surface area contributed by atoms with Crippen LogP contribution < -0.4 is 10.2 Å². The molecular weight excluding hydrogens is 383 g/mol. The number of hydrogen-bond donors (Lipinski definition) is 1. The van der Waals surface area contributed by atoms with Gasteiger partial charge < -0.3 is 9.15 Å². The summed E-state index contributed by atoms with van der Waals surface area (Å²) < 4.78 is 11.5. The number of nitrogens with zero attached hydrogens (tertiary/aromatic N) is 1. The standard InChI is InChI=1S/C15H15IN2O3/c1-10-5-11(2)7-13(6-10)20-9-15(19)18-17-8-12-3-4-14(16)21-12/h3-8H,9H2,1-2H3,(H,18,19)/b17-8+. The fraction of sp³-hybridized carbons (Fsp3) is 0.200. The summed E-state index contributed by atoms with van der Waals surface area (Å²) >= 11 is 2.06. The molecule has 0 aliphatic carbocycles. The Labute approximate surface area is 136 Å². The Morgan fingerprint density at radius 3 is 2.67 bits per heavy atom. The number of hydrogen-bond acceptors (Lipinski definition) is 4. The summed E-state index contributed by atoms with van der Waals surface area (Å²) in [4.78, 5) is 11.6. The van der Waals surface area contributed by atoms with Crippen molar-refractivity contribution in [1.29, 1.82) is 0 Å². The monoisotopic (exact) mass is 398 g/mol. The highest BCUT2D eigenvalue weighted by atomic mass is 127. The number of furan rings is 1.